The Morgan fingerprint density at radius 2 is 2.17 bits per heavy atom. The summed E-state index contributed by atoms with van der Waals surface area (Å²) in [5, 5.41) is 0.754. The molecule has 0 unspecified atom stereocenters. The SMILES string of the molecule is CC(=O)Sc1cc(Cl)ccc1C. The van der Waals surface area contributed by atoms with Gasteiger partial charge >= 0.3 is 0 Å². The first-order valence-electron chi connectivity index (χ1n) is 3.54. The van der Waals surface area contributed by atoms with Crippen molar-refractivity contribution in [3.63, 3.8) is 0 Å². The van der Waals surface area contributed by atoms with E-state index in [9.17, 15) is 4.79 Å². The molecule has 0 radical (unpaired) electrons. The second kappa shape index (κ2) is 3.97. The summed E-state index contributed by atoms with van der Waals surface area (Å²) in [4.78, 5) is 11.7. The first-order chi connectivity index (χ1) is 5.59. The predicted molar refractivity (Wildman–Crippen MR) is 52.7 cm³/mol. The largest absolute Gasteiger partial charge is 0.287 e. The number of carbonyl (C=O) groups is 1. The number of carbonyl (C=O) groups excluding carboxylic acids is 1. The molecule has 12 heavy (non-hydrogen) atoms. The second-order valence-electron chi connectivity index (χ2n) is 2.50. The molecular weight excluding hydrogens is 192 g/mol. The minimum atomic E-state index is 0.0837. The topological polar surface area (TPSA) is 17.1 Å². The molecule has 1 rings (SSSR count). The Morgan fingerprint density at radius 1 is 1.50 bits per heavy atom. The Morgan fingerprint density at radius 3 is 2.75 bits per heavy atom. The van der Waals surface area contributed by atoms with Gasteiger partial charge in [-0.3, -0.25) is 4.79 Å². The summed E-state index contributed by atoms with van der Waals surface area (Å²) in [6.07, 6.45) is 0. The van der Waals surface area contributed by atoms with E-state index >= 15 is 0 Å². The van der Waals surface area contributed by atoms with Gasteiger partial charge in [0.05, 0.1) is 0 Å². The number of hydrogen-bond donors (Lipinski definition) is 0. The normalized spacial score (nSPS) is 9.92. The molecule has 0 fully saturated rings. The number of thioether (sulfide) groups is 1. The molecule has 0 amide bonds. The summed E-state index contributed by atoms with van der Waals surface area (Å²) in [6.45, 7) is 3.51. The molecule has 0 N–H and O–H groups in total. The zero-order valence-electron chi connectivity index (χ0n) is 6.93. The Balaban J connectivity index is 2.97. The summed E-state index contributed by atoms with van der Waals surface area (Å²) in [5.41, 5.74) is 1.08. The van der Waals surface area contributed by atoms with Gasteiger partial charge in [-0.2, -0.15) is 0 Å². The van der Waals surface area contributed by atoms with E-state index in [1.165, 1.54) is 11.8 Å². The van der Waals surface area contributed by atoms with Crippen LogP contribution >= 0.6 is 23.4 Å². The van der Waals surface area contributed by atoms with Crippen LogP contribution in [0.2, 0.25) is 5.02 Å². The van der Waals surface area contributed by atoms with E-state index in [-0.39, 0.29) is 5.12 Å². The van der Waals surface area contributed by atoms with Crippen molar-refractivity contribution < 1.29 is 4.79 Å². The zero-order chi connectivity index (χ0) is 9.14. The Bertz CT molecular complexity index is 309. The molecule has 0 aliphatic carbocycles. The van der Waals surface area contributed by atoms with Crippen LogP contribution in [-0.2, 0) is 4.79 Å². The standard InChI is InChI=1S/C9H9ClOS/c1-6-3-4-8(10)5-9(6)12-7(2)11/h3-5H,1-2H3. The van der Waals surface area contributed by atoms with Crippen LogP contribution in [0.25, 0.3) is 0 Å². The van der Waals surface area contributed by atoms with Crippen LogP contribution in [0.3, 0.4) is 0 Å². The van der Waals surface area contributed by atoms with E-state index in [0.29, 0.717) is 5.02 Å². The molecule has 0 aliphatic heterocycles. The first kappa shape index (κ1) is 9.62. The number of aryl methyl sites for hydroxylation is 1. The smallest absolute Gasteiger partial charge is 0.190 e. The van der Waals surface area contributed by atoms with Gasteiger partial charge in [0.2, 0.25) is 0 Å². The van der Waals surface area contributed by atoms with Gasteiger partial charge in [0, 0.05) is 16.8 Å². The van der Waals surface area contributed by atoms with Crippen LogP contribution in [0.5, 0.6) is 0 Å². The van der Waals surface area contributed by atoms with Gasteiger partial charge in [0.1, 0.15) is 0 Å². The molecule has 64 valence electrons. The lowest BCUT2D eigenvalue weighted by Crippen LogP contribution is -1.84. The van der Waals surface area contributed by atoms with Crippen LogP contribution < -0.4 is 0 Å². The van der Waals surface area contributed by atoms with Gasteiger partial charge in [-0.1, -0.05) is 29.4 Å². The van der Waals surface area contributed by atoms with E-state index in [4.69, 9.17) is 11.6 Å². The summed E-state index contributed by atoms with van der Waals surface area (Å²) in [5.74, 6) is 0. The Kier molecular flexibility index (Phi) is 3.18. The Labute approximate surface area is 81.1 Å². The van der Waals surface area contributed by atoms with Crippen molar-refractivity contribution in [2.24, 2.45) is 0 Å². The van der Waals surface area contributed by atoms with Crippen molar-refractivity contribution in [1.29, 1.82) is 0 Å². The molecule has 0 aromatic heterocycles. The molecule has 0 bridgehead atoms. The average Bonchev–Trinajstić information content (AvgIpc) is 1.96. The minimum Gasteiger partial charge on any atom is -0.287 e. The van der Waals surface area contributed by atoms with Crippen molar-refractivity contribution in [3.8, 4) is 0 Å². The fourth-order valence-electron chi connectivity index (χ4n) is 0.839. The summed E-state index contributed by atoms with van der Waals surface area (Å²) in [7, 11) is 0. The highest BCUT2D eigenvalue weighted by molar-refractivity contribution is 8.13. The lowest BCUT2D eigenvalue weighted by atomic mass is 10.2. The van der Waals surface area contributed by atoms with Crippen molar-refractivity contribution in [1.82, 2.24) is 0 Å². The molecule has 0 aliphatic rings. The highest BCUT2D eigenvalue weighted by Crippen LogP contribution is 2.25. The van der Waals surface area contributed by atoms with Crippen LogP contribution in [0.4, 0.5) is 0 Å². The number of benzene rings is 1. The molecule has 0 spiro atoms. The van der Waals surface area contributed by atoms with Crippen molar-refractivity contribution in [2.45, 2.75) is 18.7 Å². The monoisotopic (exact) mass is 200 g/mol. The van der Waals surface area contributed by atoms with Crippen molar-refractivity contribution in [3.05, 3.63) is 28.8 Å². The molecule has 1 nitrogen and oxygen atoms in total. The number of hydrogen-bond acceptors (Lipinski definition) is 2. The third-order valence-corrected chi connectivity index (χ3v) is 2.59. The van der Waals surface area contributed by atoms with Crippen LogP contribution in [0.1, 0.15) is 12.5 Å². The molecule has 0 heterocycles. The van der Waals surface area contributed by atoms with E-state index in [1.807, 2.05) is 25.1 Å². The maximum absolute atomic E-state index is 10.8. The van der Waals surface area contributed by atoms with Crippen molar-refractivity contribution >= 4 is 28.5 Å². The first-order valence-corrected chi connectivity index (χ1v) is 4.73. The molecule has 0 atom stereocenters. The van der Waals surface area contributed by atoms with Gasteiger partial charge < -0.3 is 0 Å². The molecule has 0 saturated heterocycles. The number of rotatable bonds is 1. The third-order valence-electron chi connectivity index (χ3n) is 1.40. The fraction of sp³-hybridized carbons (Fsp3) is 0.222. The molecule has 1 aromatic carbocycles. The maximum Gasteiger partial charge on any atom is 0.190 e. The average molecular weight is 201 g/mol. The van der Waals surface area contributed by atoms with Crippen LogP contribution in [0, 0.1) is 6.92 Å². The van der Waals surface area contributed by atoms with Gasteiger partial charge in [0.25, 0.3) is 0 Å². The molecule has 1 aromatic rings. The highest BCUT2D eigenvalue weighted by atomic mass is 35.5. The minimum absolute atomic E-state index is 0.0837. The van der Waals surface area contributed by atoms with E-state index in [1.54, 1.807) is 6.92 Å². The molecule has 3 heteroatoms. The zero-order valence-corrected chi connectivity index (χ0v) is 8.50. The molecule has 0 saturated carbocycles. The van der Waals surface area contributed by atoms with E-state index in [0.717, 1.165) is 10.5 Å². The third kappa shape index (κ3) is 2.54. The van der Waals surface area contributed by atoms with Gasteiger partial charge in [-0.05, 0) is 24.6 Å². The maximum atomic E-state index is 10.8. The van der Waals surface area contributed by atoms with Gasteiger partial charge in [-0.25, -0.2) is 0 Å². The summed E-state index contributed by atoms with van der Waals surface area (Å²) in [6, 6.07) is 5.54. The molecular formula is C9H9ClOS. The van der Waals surface area contributed by atoms with Gasteiger partial charge in [-0.15, -0.1) is 0 Å². The lowest BCUT2D eigenvalue weighted by molar-refractivity contribution is -0.109. The second-order valence-corrected chi connectivity index (χ2v) is 4.16. The lowest BCUT2D eigenvalue weighted by Gasteiger charge is -2.02. The van der Waals surface area contributed by atoms with Gasteiger partial charge in [0.15, 0.2) is 5.12 Å². The van der Waals surface area contributed by atoms with E-state index < -0.39 is 0 Å². The number of halogens is 1. The summed E-state index contributed by atoms with van der Waals surface area (Å²) >= 11 is 6.99. The highest BCUT2D eigenvalue weighted by Gasteiger charge is 2.02. The van der Waals surface area contributed by atoms with Crippen LogP contribution in [0.15, 0.2) is 23.1 Å². The van der Waals surface area contributed by atoms with Crippen molar-refractivity contribution in [2.75, 3.05) is 0 Å². The predicted octanol–water partition coefficient (Wildman–Crippen LogP) is 3.29. The van der Waals surface area contributed by atoms with E-state index in [2.05, 4.69) is 0 Å². The Hall–Kier alpha value is -0.470. The van der Waals surface area contributed by atoms with Crippen LogP contribution in [-0.4, -0.2) is 5.12 Å². The fourth-order valence-corrected chi connectivity index (χ4v) is 1.80. The summed E-state index contributed by atoms with van der Waals surface area (Å²) < 4.78 is 0. The quantitative estimate of drug-likeness (QED) is 0.648.